The van der Waals surface area contributed by atoms with E-state index in [-0.39, 0.29) is 12.4 Å². The Morgan fingerprint density at radius 2 is 2.33 bits per heavy atom. The molecule has 0 spiro atoms. The largest absolute Gasteiger partial charge is 0.489 e. The smallest absolute Gasteiger partial charge is 0.196 e. The average molecular weight is 124 g/mol. The van der Waals surface area contributed by atoms with Crippen LogP contribution in [0, 0.1) is 5.92 Å². The molecule has 9 heavy (non-hydrogen) atoms. The fourth-order valence-corrected chi connectivity index (χ4v) is 1.00. The second-order valence-electron chi connectivity index (χ2n) is 2.58. The lowest BCUT2D eigenvalue weighted by atomic mass is 10.3. The summed E-state index contributed by atoms with van der Waals surface area (Å²) in [6, 6.07) is 0. The number of carbonyl (C=O) groups is 1. The van der Waals surface area contributed by atoms with Crippen LogP contribution in [-0.2, 0) is 9.53 Å². The maximum atomic E-state index is 10.6. The molecule has 1 heterocycles. The molecule has 2 rings (SSSR count). The molecule has 0 amide bonds. The lowest BCUT2D eigenvalue weighted by Crippen LogP contribution is -1.93. The van der Waals surface area contributed by atoms with Gasteiger partial charge in [0.05, 0.1) is 0 Å². The lowest BCUT2D eigenvalue weighted by Gasteiger charge is -1.96. The number of hydrogen-bond acceptors (Lipinski definition) is 2. The van der Waals surface area contributed by atoms with Crippen LogP contribution >= 0.6 is 0 Å². The van der Waals surface area contributed by atoms with Gasteiger partial charge in [-0.25, -0.2) is 0 Å². The van der Waals surface area contributed by atoms with E-state index < -0.39 is 0 Å². The molecule has 1 saturated carbocycles. The summed E-state index contributed by atoms with van der Waals surface area (Å²) in [5.74, 6) is 1.65. The van der Waals surface area contributed by atoms with Crippen LogP contribution in [0.2, 0.25) is 0 Å². The van der Waals surface area contributed by atoms with Gasteiger partial charge < -0.3 is 4.74 Å². The molecular weight excluding hydrogens is 116 g/mol. The maximum absolute atomic E-state index is 10.6. The third-order valence-electron chi connectivity index (χ3n) is 1.66. The predicted octanol–water partition coefficient (Wildman–Crippen LogP) is 0.880. The van der Waals surface area contributed by atoms with Gasteiger partial charge in [-0.05, 0) is 12.8 Å². The first-order chi connectivity index (χ1) is 4.36. The summed E-state index contributed by atoms with van der Waals surface area (Å²) in [5, 5.41) is 0. The molecule has 48 valence electrons. The lowest BCUT2D eigenvalue weighted by molar-refractivity contribution is -0.115. The molecule has 0 aromatic carbocycles. The van der Waals surface area contributed by atoms with E-state index in [4.69, 9.17) is 4.74 Å². The van der Waals surface area contributed by atoms with Crippen LogP contribution in [0.1, 0.15) is 12.8 Å². The second kappa shape index (κ2) is 1.59. The van der Waals surface area contributed by atoms with Gasteiger partial charge in [0, 0.05) is 12.0 Å². The highest BCUT2D eigenvalue weighted by Crippen LogP contribution is 2.38. The highest BCUT2D eigenvalue weighted by atomic mass is 16.5. The highest BCUT2D eigenvalue weighted by molar-refractivity contribution is 5.93. The van der Waals surface area contributed by atoms with Gasteiger partial charge in [0.15, 0.2) is 12.4 Å². The van der Waals surface area contributed by atoms with Gasteiger partial charge in [-0.2, -0.15) is 0 Å². The molecule has 0 atom stereocenters. The van der Waals surface area contributed by atoms with Crippen LogP contribution in [-0.4, -0.2) is 12.4 Å². The van der Waals surface area contributed by atoms with Crippen LogP contribution in [0.3, 0.4) is 0 Å². The average Bonchev–Trinajstić information content (AvgIpc) is 2.58. The van der Waals surface area contributed by atoms with E-state index >= 15 is 0 Å². The van der Waals surface area contributed by atoms with Crippen molar-refractivity contribution in [1.29, 1.82) is 0 Å². The Kier molecular flexibility index (Phi) is 0.891. The SMILES string of the molecule is O=C1C=C(C2CC2)OC1. The Bertz CT molecular complexity index is 177. The Morgan fingerprint density at radius 1 is 1.56 bits per heavy atom. The molecule has 1 aliphatic heterocycles. The molecule has 2 heteroatoms. The molecule has 2 nitrogen and oxygen atoms in total. The highest BCUT2D eigenvalue weighted by Gasteiger charge is 2.30. The summed E-state index contributed by atoms with van der Waals surface area (Å²) in [4.78, 5) is 10.6. The Morgan fingerprint density at radius 3 is 2.78 bits per heavy atom. The standard InChI is InChI=1S/C7H8O2/c8-6-3-7(9-4-6)5-1-2-5/h3,5H,1-2,4H2. The third-order valence-corrected chi connectivity index (χ3v) is 1.66. The summed E-state index contributed by atoms with van der Waals surface area (Å²) >= 11 is 0. The van der Waals surface area contributed by atoms with Crippen molar-refractivity contribution >= 4 is 5.78 Å². The van der Waals surface area contributed by atoms with Crippen molar-refractivity contribution < 1.29 is 9.53 Å². The van der Waals surface area contributed by atoms with Gasteiger partial charge in [0.1, 0.15) is 5.76 Å². The van der Waals surface area contributed by atoms with E-state index in [0.29, 0.717) is 5.92 Å². The molecule has 0 radical (unpaired) electrons. The second-order valence-corrected chi connectivity index (χ2v) is 2.58. The van der Waals surface area contributed by atoms with Crippen molar-refractivity contribution in [3.8, 4) is 0 Å². The molecular formula is C7H8O2. The molecule has 1 fully saturated rings. The Labute approximate surface area is 53.5 Å². The van der Waals surface area contributed by atoms with Gasteiger partial charge in [-0.3, -0.25) is 4.79 Å². The zero-order chi connectivity index (χ0) is 6.27. The topological polar surface area (TPSA) is 26.3 Å². The van der Waals surface area contributed by atoms with Gasteiger partial charge in [0.2, 0.25) is 0 Å². The van der Waals surface area contributed by atoms with Crippen LogP contribution < -0.4 is 0 Å². The minimum Gasteiger partial charge on any atom is -0.489 e. The molecule has 0 bridgehead atoms. The van der Waals surface area contributed by atoms with Crippen LogP contribution in [0.5, 0.6) is 0 Å². The third kappa shape index (κ3) is 0.846. The predicted molar refractivity (Wildman–Crippen MR) is 31.8 cm³/mol. The summed E-state index contributed by atoms with van der Waals surface area (Å²) in [6.07, 6.45) is 4.05. The van der Waals surface area contributed by atoms with Crippen molar-refractivity contribution in [2.24, 2.45) is 5.92 Å². The Balaban J connectivity index is 2.11. The first kappa shape index (κ1) is 5.03. The zero-order valence-electron chi connectivity index (χ0n) is 5.09. The minimum atomic E-state index is 0.122. The zero-order valence-corrected chi connectivity index (χ0v) is 5.09. The fraction of sp³-hybridized carbons (Fsp3) is 0.571. The van der Waals surface area contributed by atoms with Crippen molar-refractivity contribution in [2.75, 3.05) is 6.61 Å². The van der Waals surface area contributed by atoms with Crippen LogP contribution in [0.15, 0.2) is 11.8 Å². The van der Waals surface area contributed by atoms with E-state index in [1.807, 2.05) is 0 Å². The van der Waals surface area contributed by atoms with Crippen molar-refractivity contribution in [2.45, 2.75) is 12.8 Å². The molecule has 0 N–H and O–H groups in total. The number of rotatable bonds is 1. The first-order valence-corrected chi connectivity index (χ1v) is 3.23. The van der Waals surface area contributed by atoms with Crippen molar-refractivity contribution in [1.82, 2.24) is 0 Å². The monoisotopic (exact) mass is 124 g/mol. The molecule has 0 aromatic rings. The summed E-state index contributed by atoms with van der Waals surface area (Å²) in [6.45, 7) is 0.284. The van der Waals surface area contributed by atoms with E-state index in [1.54, 1.807) is 6.08 Å². The number of ketones is 1. The normalized spacial score (nSPS) is 25.8. The molecule has 2 aliphatic rings. The van der Waals surface area contributed by atoms with E-state index in [2.05, 4.69) is 0 Å². The molecule has 1 aliphatic carbocycles. The number of ether oxygens (including phenoxy) is 1. The van der Waals surface area contributed by atoms with Gasteiger partial charge in [-0.15, -0.1) is 0 Å². The van der Waals surface area contributed by atoms with Crippen LogP contribution in [0.25, 0.3) is 0 Å². The molecule has 0 unspecified atom stereocenters. The fourth-order valence-electron chi connectivity index (χ4n) is 1.00. The van der Waals surface area contributed by atoms with Gasteiger partial charge in [-0.1, -0.05) is 0 Å². The summed E-state index contributed by atoms with van der Waals surface area (Å²) in [7, 11) is 0. The molecule has 0 saturated heterocycles. The quantitative estimate of drug-likeness (QED) is 0.518. The van der Waals surface area contributed by atoms with Gasteiger partial charge in [0.25, 0.3) is 0 Å². The Hall–Kier alpha value is -0.790. The van der Waals surface area contributed by atoms with Crippen molar-refractivity contribution in [3.05, 3.63) is 11.8 Å². The van der Waals surface area contributed by atoms with E-state index in [1.165, 1.54) is 12.8 Å². The minimum absolute atomic E-state index is 0.122. The van der Waals surface area contributed by atoms with Gasteiger partial charge >= 0.3 is 0 Å². The van der Waals surface area contributed by atoms with Crippen LogP contribution in [0.4, 0.5) is 0 Å². The van der Waals surface area contributed by atoms with E-state index in [0.717, 1.165) is 5.76 Å². The number of hydrogen-bond donors (Lipinski definition) is 0. The first-order valence-electron chi connectivity index (χ1n) is 3.23. The number of carbonyl (C=O) groups excluding carboxylic acids is 1. The van der Waals surface area contributed by atoms with Crippen molar-refractivity contribution in [3.63, 3.8) is 0 Å². The number of allylic oxidation sites excluding steroid dienone is 1. The van der Waals surface area contributed by atoms with E-state index in [9.17, 15) is 4.79 Å². The summed E-state index contributed by atoms with van der Waals surface area (Å²) in [5.41, 5.74) is 0. The maximum Gasteiger partial charge on any atom is 0.196 e. The summed E-state index contributed by atoms with van der Waals surface area (Å²) < 4.78 is 5.10. The molecule has 0 aromatic heterocycles.